The van der Waals surface area contributed by atoms with Crippen molar-refractivity contribution in [2.24, 2.45) is 10.6 Å². The van der Waals surface area contributed by atoms with Gasteiger partial charge in [-0.2, -0.15) is 0 Å². The maximum absolute atomic E-state index is 10.8. The molecule has 0 heterocycles. The van der Waals surface area contributed by atoms with E-state index in [2.05, 4.69) is 5.16 Å². The Bertz CT molecular complexity index is 212. The number of aliphatic carboxylic acids is 1. The highest BCUT2D eigenvalue weighted by atomic mass is 16.4. The molecular weight excluding hydrogens is 158 g/mol. The van der Waals surface area contributed by atoms with Gasteiger partial charge in [-0.05, 0) is 32.6 Å². The van der Waals surface area contributed by atoms with E-state index in [1.807, 2.05) is 0 Å². The highest BCUT2D eigenvalue weighted by Gasteiger charge is 2.36. The minimum atomic E-state index is -0.750. The maximum atomic E-state index is 10.8. The molecule has 4 nitrogen and oxygen atoms in total. The van der Waals surface area contributed by atoms with Gasteiger partial charge in [0.2, 0.25) is 0 Å². The van der Waals surface area contributed by atoms with Gasteiger partial charge in [0, 0.05) is 0 Å². The van der Waals surface area contributed by atoms with Gasteiger partial charge < -0.3 is 10.3 Å². The molecule has 0 aromatic heterocycles. The molecule has 1 rings (SSSR count). The van der Waals surface area contributed by atoms with E-state index in [0.29, 0.717) is 31.4 Å². The lowest BCUT2D eigenvalue weighted by atomic mass is 9.75. The quantitative estimate of drug-likeness (QED) is 0.463. The molecule has 0 radical (unpaired) electrons. The molecule has 0 aliphatic heterocycles. The Morgan fingerprint density at radius 2 is 2.00 bits per heavy atom. The zero-order valence-electron chi connectivity index (χ0n) is 7.08. The Labute approximate surface area is 70.9 Å². The van der Waals surface area contributed by atoms with Gasteiger partial charge >= 0.3 is 5.97 Å². The Balaban J connectivity index is 2.61. The van der Waals surface area contributed by atoms with Gasteiger partial charge in [-0.15, -0.1) is 0 Å². The summed E-state index contributed by atoms with van der Waals surface area (Å²) in [4.78, 5) is 10.8. The molecule has 68 valence electrons. The summed E-state index contributed by atoms with van der Waals surface area (Å²) in [5.41, 5.74) is 0.0995. The molecule has 12 heavy (non-hydrogen) atoms. The predicted octanol–water partition coefficient (Wildman–Crippen LogP) is 1.48. The van der Waals surface area contributed by atoms with Crippen molar-refractivity contribution in [2.75, 3.05) is 0 Å². The van der Waals surface area contributed by atoms with Crippen LogP contribution in [0.1, 0.15) is 32.6 Å². The van der Waals surface area contributed by atoms with E-state index < -0.39 is 11.4 Å². The average Bonchev–Trinajstić information content (AvgIpc) is 2.06. The lowest BCUT2D eigenvalue weighted by molar-refractivity contribution is -0.148. The smallest absolute Gasteiger partial charge is 0.309 e. The predicted molar refractivity (Wildman–Crippen MR) is 43.4 cm³/mol. The lowest BCUT2D eigenvalue weighted by Crippen LogP contribution is -2.32. The van der Waals surface area contributed by atoms with Crippen LogP contribution < -0.4 is 0 Å². The summed E-state index contributed by atoms with van der Waals surface area (Å²) in [5, 5.41) is 20.4. The molecule has 1 aliphatic rings. The number of hydrogen-bond donors (Lipinski definition) is 2. The molecule has 0 unspecified atom stereocenters. The summed E-state index contributed by atoms with van der Waals surface area (Å²) in [7, 11) is 0. The minimum Gasteiger partial charge on any atom is -0.481 e. The van der Waals surface area contributed by atoms with E-state index >= 15 is 0 Å². The van der Waals surface area contributed by atoms with Crippen molar-refractivity contribution in [2.45, 2.75) is 32.6 Å². The highest BCUT2D eigenvalue weighted by molar-refractivity contribution is 5.87. The van der Waals surface area contributed by atoms with E-state index in [9.17, 15) is 4.79 Å². The van der Waals surface area contributed by atoms with Gasteiger partial charge in [0.05, 0.1) is 11.1 Å². The van der Waals surface area contributed by atoms with Crippen LogP contribution in [0.5, 0.6) is 0 Å². The van der Waals surface area contributed by atoms with Gasteiger partial charge in [0.25, 0.3) is 0 Å². The van der Waals surface area contributed by atoms with E-state index in [4.69, 9.17) is 10.3 Å². The number of oxime groups is 1. The first-order chi connectivity index (χ1) is 5.58. The van der Waals surface area contributed by atoms with Crippen LogP contribution in [0.2, 0.25) is 0 Å². The zero-order chi connectivity index (χ0) is 9.19. The van der Waals surface area contributed by atoms with Crippen molar-refractivity contribution in [3.05, 3.63) is 0 Å². The Hall–Kier alpha value is -1.06. The molecule has 0 spiro atoms. The normalized spacial score (nSPS) is 29.9. The molecule has 0 aromatic carbocycles. The third-order valence-electron chi connectivity index (χ3n) is 2.59. The van der Waals surface area contributed by atoms with Crippen LogP contribution in [0.15, 0.2) is 5.16 Å². The summed E-state index contributed by atoms with van der Waals surface area (Å²) in [5.74, 6) is -0.750. The van der Waals surface area contributed by atoms with Crippen molar-refractivity contribution >= 4 is 11.7 Å². The van der Waals surface area contributed by atoms with Crippen molar-refractivity contribution in [1.29, 1.82) is 0 Å². The first-order valence-electron chi connectivity index (χ1n) is 4.02. The zero-order valence-corrected chi connectivity index (χ0v) is 7.08. The standard InChI is InChI=1S/C8H13NO3/c1-8(7(10)11)4-2-6(9-12)3-5-8/h12H,2-5H2,1H3,(H,10,11). The van der Waals surface area contributed by atoms with Gasteiger partial charge in [0.15, 0.2) is 0 Å². The molecule has 0 amide bonds. The van der Waals surface area contributed by atoms with E-state index in [1.165, 1.54) is 0 Å². The van der Waals surface area contributed by atoms with Gasteiger partial charge in [0.1, 0.15) is 0 Å². The minimum absolute atomic E-state index is 0.571. The molecule has 1 saturated carbocycles. The van der Waals surface area contributed by atoms with E-state index in [-0.39, 0.29) is 0 Å². The second-order valence-electron chi connectivity index (χ2n) is 3.53. The Morgan fingerprint density at radius 1 is 1.50 bits per heavy atom. The molecule has 0 aromatic rings. The van der Waals surface area contributed by atoms with Gasteiger partial charge in [-0.1, -0.05) is 5.16 Å². The molecule has 1 fully saturated rings. The van der Waals surface area contributed by atoms with Crippen molar-refractivity contribution < 1.29 is 15.1 Å². The van der Waals surface area contributed by atoms with Crippen LogP contribution >= 0.6 is 0 Å². The summed E-state index contributed by atoms with van der Waals surface area (Å²) in [6.07, 6.45) is 2.34. The Kier molecular flexibility index (Phi) is 2.35. The third kappa shape index (κ3) is 1.57. The van der Waals surface area contributed by atoms with E-state index in [0.717, 1.165) is 0 Å². The number of carboxylic acid groups (broad SMARTS) is 1. The summed E-state index contributed by atoms with van der Waals surface area (Å²) in [6.45, 7) is 1.74. The van der Waals surface area contributed by atoms with Crippen LogP contribution in [0.3, 0.4) is 0 Å². The van der Waals surface area contributed by atoms with Crippen LogP contribution in [0.4, 0.5) is 0 Å². The summed E-state index contributed by atoms with van der Waals surface area (Å²) in [6, 6.07) is 0. The summed E-state index contributed by atoms with van der Waals surface area (Å²) < 4.78 is 0. The average molecular weight is 171 g/mol. The monoisotopic (exact) mass is 171 g/mol. The number of rotatable bonds is 1. The van der Waals surface area contributed by atoms with Crippen LogP contribution in [-0.2, 0) is 4.79 Å². The van der Waals surface area contributed by atoms with Crippen LogP contribution in [0, 0.1) is 5.41 Å². The SMILES string of the molecule is CC1(C(=O)O)CCC(=NO)CC1. The van der Waals surface area contributed by atoms with Crippen LogP contribution in [0.25, 0.3) is 0 Å². The van der Waals surface area contributed by atoms with Crippen molar-refractivity contribution in [3.63, 3.8) is 0 Å². The topological polar surface area (TPSA) is 69.9 Å². The lowest BCUT2D eigenvalue weighted by Gasteiger charge is -2.29. The number of carbonyl (C=O) groups is 1. The van der Waals surface area contributed by atoms with Gasteiger partial charge in [-0.25, -0.2) is 0 Å². The second-order valence-corrected chi connectivity index (χ2v) is 3.53. The molecular formula is C8H13NO3. The van der Waals surface area contributed by atoms with Gasteiger partial charge in [-0.3, -0.25) is 4.79 Å². The number of carboxylic acids is 1. The number of hydrogen-bond acceptors (Lipinski definition) is 3. The highest BCUT2D eigenvalue weighted by Crippen LogP contribution is 2.34. The third-order valence-corrected chi connectivity index (χ3v) is 2.59. The fourth-order valence-corrected chi connectivity index (χ4v) is 1.40. The first-order valence-corrected chi connectivity index (χ1v) is 4.02. The largest absolute Gasteiger partial charge is 0.481 e. The molecule has 2 N–H and O–H groups in total. The molecule has 0 bridgehead atoms. The maximum Gasteiger partial charge on any atom is 0.309 e. The molecule has 0 saturated heterocycles. The van der Waals surface area contributed by atoms with Crippen molar-refractivity contribution in [3.8, 4) is 0 Å². The fourth-order valence-electron chi connectivity index (χ4n) is 1.40. The first kappa shape index (κ1) is 9.03. The van der Waals surface area contributed by atoms with Crippen LogP contribution in [-0.4, -0.2) is 22.0 Å². The fraction of sp³-hybridized carbons (Fsp3) is 0.750. The number of nitrogens with zero attached hydrogens (tertiary/aromatic N) is 1. The summed E-state index contributed by atoms with van der Waals surface area (Å²) >= 11 is 0. The Morgan fingerprint density at radius 3 is 2.33 bits per heavy atom. The molecule has 1 aliphatic carbocycles. The van der Waals surface area contributed by atoms with E-state index in [1.54, 1.807) is 6.92 Å². The van der Waals surface area contributed by atoms with Crippen molar-refractivity contribution in [1.82, 2.24) is 0 Å². The molecule has 0 atom stereocenters. The molecule has 4 heteroatoms. The second kappa shape index (κ2) is 3.13.